The third kappa shape index (κ3) is 4.21. The Hall–Kier alpha value is -3.51. The highest BCUT2D eigenvalue weighted by atomic mass is 35.5. The first-order valence-corrected chi connectivity index (χ1v) is 11.7. The molecule has 7 heteroatoms. The summed E-state index contributed by atoms with van der Waals surface area (Å²) in [4.78, 5) is 22.3. The Labute approximate surface area is 204 Å². The summed E-state index contributed by atoms with van der Waals surface area (Å²) in [5.41, 5.74) is 3.43. The fourth-order valence-electron chi connectivity index (χ4n) is 4.44. The molecule has 3 aromatic carbocycles. The first-order valence-electron chi connectivity index (χ1n) is 11.3. The second-order valence-electron chi connectivity index (χ2n) is 8.67. The van der Waals surface area contributed by atoms with Gasteiger partial charge in [-0.2, -0.15) is 0 Å². The van der Waals surface area contributed by atoms with E-state index in [4.69, 9.17) is 26.1 Å². The van der Waals surface area contributed by atoms with E-state index < -0.39 is 0 Å². The standard InChI is InChI=1S/C27H26ClN3O3/c1-17-4-11-23-25(14-17)34-24-15-21(33-3)9-10-22(24)26(29-23)30-12-13-31(18(2)16-30)27(32)19-5-7-20(28)8-6-19/h4-11,14-15,18H,12-13,16H2,1-3H3. The van der Waals surface area contributed by atoms with Gasteiger partial charge in [0, 0.05) is 42.3 Å². The monoisotopic (exact) mass is 475 g/mol. The number of carbonyl (C=O) groups is 1. The Bertz CT molecular complexity index is 1270. The number of benzene rings is 3. The number of halogens is 1. The number of hydrogen-bond acceptors (Lipinski definition) is 5. The van der Waals surface area contributed by atoms with Gasteiger partial charge in [-0.1, -0.05) is 17.7 Å². The Balaban J connectivity index is 1.46. The lowest BCUT2D eigenvalue weighted by Gasteiger charge is -2.41. The number of hydrogen-bond donors (Lipinski definition) is 0. The van der Waals surface area contributed by atoms with Crippen molar-refractivity contribution in [2.45, 2.75) is 19.9 Å². The van der Waals surface area contributed by atoms with Gasteiger partial charge in [0.25, 0.3) is 5.91 Å². The van der Waals surface area contributed by atoms with Crippen LogP contribution in [0.3, 0.4) is 0 Å². The van der Waals surface area contributed by atoms with Gasteiger partial charge in [0.05, 0.1) is 12.7 Å². The summed E-state index contributed by atoms with van der Waals surface area (Å²) < 4.78 is 11.7. The van der Waals surface area contributed by atoms with Crippen molar-refractivity contribution in [2.24, 2.45) is 4.99 Å². The maximum absolute atomic E-state index is 13.1. The van der Waals surface area contributed by atoms with Crippen LogP contribution < -0.4 is 9.47 Å². The van der Waals surface area contributed by atoms with E-state index >= 15 is 0 Å². The predicted octanol–water partition coefficient (Wildman–Crippen LogP) is 5.69. The maximum atomic E-state index is 13.1. The molecular weight excluding hydrogens is 450 g/mol. The average Bonchev–Trinajstić information content (AvgIpc) is 2.99. The third-order valence-electron chi connectivity index (χ3n) is 6.27. The Morgan fingerprint density at radius 2 is 1.85 bits per heavy atom. The first-order chi connectivity index (χ1) is 16.4. The van der Waals surface area contributed by atoms with Gasteiger partial charge >= 0.3 is 0 Å². The summed E-state index contributed by atoms with van der Waals surface area (Å²) in [6.07, 6.45) is 0. The van der Waals surface area contributed by atoms with Crippen LogP contribution in [0.25, 0.3) is 0 Å². The van der Waals surface area contributed by atoms with Gasteiger partial charge in [-0.15, -0.1) is 0 Å². The summed E-state index contributed by atoms with van der Waals surface area (Å²) >= 11 is 5.99. The molecule has 3 aromatic rings. The normalized spacial score (nSPS) is 17.2. The van der Waals surface area contributed by atoms with Crippen LogP contribution >= 0.6 is 11.6 Å². The molecule has 2 aliphatic heterocycles. The Morgan fingerprint density at radius 1 is 1.06 bits per heavy atom. The molecule has 0 spiro atoms. The van der Waals surface area contributed by atoms with Crippen LogP contribution in [0.2, 0.25) is 5.02 Å². The molecule has 5 rings (SSSR count). The topological polar surface area (TPSA) is 54.4 Å². The lowest BCUT2D eigenvalue weighted by atomic mass is 10.1. The summed E-state index contributed by atoms with van der Waals surface area (Å²) in [6.45, 7) is 6.01. The van der Waals surface area contributed by atoms with Crippen molar-refractivity contribution in [3.63, 3.8) is 0 Å². The van der Waals surface area contributed by atoms with Crippen LogP contribution in [-0.4, -0.2) is 54.3 Å². The van der Waals surface area contributed by atoms with E-state index in [0.29, 0.717) is 41.7 Å². The minimum atomic E-state index is 0.00276. The van der Waals surface area contributed by atoms with Crippen LogP contribution in [-0.2, 0) is 0 Å². The Morgan fingerprint density at radius 3 is 2.59 bits per heavy atom. The number of amidine groups is 1. The van der Waals surface area contributed by atoms with Gasteiger partial charge in [0.15, 0.2) is 5.75 Å². The highest BCUT2D eigenvalue weighted by molar-refractivity contribution is 6.30. The van der Waals surface area contributed by atoms with E-state index in [1.54, 1.807) is 31.4 Å². The van der Waals surface area contributed by atoms with Gasteiger partial charge in [-0.25, -0.2) is 4.99 Å². The zero-order chi connectivity index (χ0) is 23.8. The second kappa shape index (κ2) is 9.03. The molecule has 1 saturated heterocycles. The molecule has 1 atom stereocenters. The number of methoxy groups -OCH3 is 1. The van der Waals surface area contributed by atoms with Crippen molar-refractivity contribution in [1.29, 1.82) is 0 Å². The molecule has 2 aliphatic rings. The van der Waals surface area contributed by atoms with Crippen LogP contribution in [0.1, 0.15) is 28.4 Å². The number of fused-ring (bicyclic) bond motifs is 2. The van der Waals surface area contributed by atoms with Crippen molar-refractivity contribution in [2.75, 3.05) is 26.7 Å². The maximum Gasteiger partial charge on any atom is 0.254 e. The number of carbonyl (C=O) groups excluding carboxylic acids is 1. The van der Waals surface area contributed by atoms with Crippen molar-refractivity contribution in [3.05, 3.63) is 82.4 Å². The van der Waals surface area contributed by atoms with E-state index in [2.05, 4.69) is 11.8 Å². The molecule has 2 heterocycles. The summed E-state index contributed by atoms with van der Waals surface area (Å²) in [5.74, 6) is 3.00. The highest BCUT2D eigenvalue weighted by Crippen LogP contribution is 2.40. The minimum absolute atomic E-state index is 0.00276. The summed E-state index contributed by atoms with van der Waals surface area (Å²) in [6, 6.07) is 18.9. The van der Waals surface area contributed by atoms with E-state index in [1.165, 1.54) is 0 Å². The first kappa shape index (κ1) is 22.3. The van der Waals surface area contributed by atoms with Crippen molar-refractivity contribution in [1.82, 2.24) is 9.80 Å². The van der Waals surface area contributed by atoms with Gasteiger partial charge in [-0.05, 0) is 67.9 Å². The lowest BCUT2D eigenvalue weighted by Crippen LogP contribution is -2.55. The van der Waals surface area contributed by atoms with E-state index in [-0.39, 0.29) is 11.9 Å². The molecular formula is C27H26ClN3O3. The van der Waals surface area contributed by atoms with Crippen LogP contribution in [0, 0.1) is 6.92 Å². The third-order valence-corrected chi connectivity index (χ3v) is 6.52. The number of rotatable bonds is 2. The summed E-state index contributed by atoms with van der Waals surface area (Å²) in [7, 11) is 1.64. The number of nitrogens with zero attached hydrogens (tertiary/aromatic N) is 3. The van der Waals surface area contributed by atoms with E-state index in [9.17, 15) is 4.79 Å². The average molecular weight is 476 g/mol. The quantitative estimate of drug-likeness (QED) is 0.478. The molecule has 34 heavy (non-hydrogen) atoms. The zero-order valence-electron chi connectivity index (χ0n) is 19.4. The highest BCUT2D eigenvalue weighted by Gasteiger charge is 2.32. The van der Waals surface area contributed by atoms with E-state index in [1.807, 2.05) is 48.2 Å². The Kier molecular flexibility index (Phi) is 5.92. The molecule has 6 nitrogen and oxygen atoms in total. The van der Waals surface area contributed by atoms with Crippen LogP contribution in [0.4, 0.5) is 5.69 Å². The fourth-order valence-corrected chi connectivity index (χ4v) is 4.56. The van der Waals surface area contributed by atoms with Crippen molar-refractivity contribution >= 4 is 29.0 Å². The number of ether oxygens (including phenoxy) is 2. The second-order valence-corrected chi connectivity index (χ2v) is 9.11. The molecule has 0 aliphatic carbocycles. The van der Waals surface area contributed by atoms with E-state index in [0.717, 1.165) is 28.4 Å². The van der Waals surface area contributed by atoms with Gasteiger partial charge in [0.1, 0.15) is 23.0 Å². The molecule has 0 saturated carbocycles. The molecule has 0 N–H and O–H groups in total. The van der Waals surface area contributed by atoms with Crippen molar-refractivity contribution < 1.29 is 14.3 Å². The van der Waals surface area contributed by atoms with Crippen LogP contribution in [0.15, 0.2) is 65.7 Å². The number of amides is 1. The van der Waals surface area contributed by atoms with Gasteiger partial charge in [-0.3, -0.25) is 4.79 Å². The molecule has 1 fully saturated rings. The van der Waals surface area contributed by atoms with Crippen LogP contribution in [0.5, 0.6) is 17.2 Å². The number of piperazine rings is 1. The predicted molar refractivity (Wildman–Crippen MR) is 134 cm³/mol. The number of aliphatic imine (C=N–C) groups is 1. The number of aryl methyl sites for hydroxylation is 1. The SMILES string of the molecule is COc1ccc2c(c1)Oc1cc(C)ccc1N=C2N1CCN(C(=O)c2ccc(Cl)cc2)C(C)C1. The van der Waals surface area contributed by atoms with Gasteiger partial charge in [0.2, 0.25) is 0 Å². The molecule has 174 valence electrons. The molecule has 1 unspecified atom stereocenters. The largest absolute Gasteiger partial charge is 0.497 e. The lowest BCUT2D eigenvalue weighted by molar-refractivity contribution is 0.0581. The smallest absolute Gasteiger partial charge is 0.254 e. The summed E-state index contributed by atoms with van der Waals surface area (Å²) in [5, 5.41) is 0.619. The van der Waals surface area contributed by atoms with Crippen molar-refractivity contribution in [3.8, 4) is 17.2 Å². The molecule has 0 radical (unpaired) electrons. The molecule has 0 aromatic heterocycles. The minimum Gasteiger partial charge on any atom is -0.497 e. The molecule has 0 bridgehead atoms. The molecule has 1 amide bonds. The van der Waals surface area contributed by atoms with Gasteiger partial charge < -0.3 is 19.3 Å². The zero-order valence-corrected chi connectivity index (χ0v) is 20.2. The fraction of sp³-hybridized carbons (Fsp3) is 0.259.